The van der Waals surface area contributed by atoms with Crippen LogP contribution in [-0.4, -0.2) is 30.5 Å². The summed E-state index contributed by atoms with van der Waals surface area (Å²) in [5.74, 6) is 0.723. The first kappa shape index (κ1) is 15.2. The van der Waals surface area contributed by atoms with E-state index in [1.807, 2.05) is 30.3 Å². The van der Waals surface area contributed by atoms with Gasteiger partial charge in [-0.2, -0.15) is 4.74 Å². The Hall–Kier alpha value is -3.34. The van der Waals surface area contributed by atoms with Crippen LogP contribution in [0.3, 0.4) is 0 Å². The molecule has 0 aliphatic carbocycles. The lowest BCUT2D eigenvalue weighted by molar-refractivity contribution is -0.355. The second-order valence-corrected chi connectivity index (χ2v) is 5.72. The molecule has 0 saturated carbocycles. The number of hydrogen-bond donors (Lipinski definition) is 0. The largest absolute Gasteiger partial charge is 0.618 e. The lowest BCUT2D eigenvalue weighted by Gasteiger charge is -2.08. The van der Waals surface area contributed by atoms with Gasteiger partial charge in [0, 0.05) is 6.07 Å². The van der Waals surface area contributed by atoms with Gasteiger partial charge in [0.05, 0.1) is 19.8 Å². The lowest BCUT2D eigenvalue weighted by Crippen LogP contribution is -2.16. The SMILES string of the molecule is COc1ccc(C2=[N+]([O-])c3ccc4ccccc4c3C2=O)cc1OC. The van der Waals surface area contributed by atoms with Crippen LogP contribution in [0.1, 0.15) is 15.9 Å². The van der Waals surface area contributed by atoms with Crippen LogP contribution in [0, 0.1) is 5.21 Å². The second-order valence-electron chi connectivity index (χ2n) is 5.72. The Morgan fingerprint density at radius 3 is 2.44 bits per heavy atom. The molecular formula is C20H15NO4. The maximum atomic E-state index is 13.0. The minimum absolute atomic E-state index is 0.0901. The minimum atomic E-state index is -0.283. The first-order valence-electron chi connectivity index (χ1n) is 7.78. The fraction of sp³-hybridized carbons (Fsp3) is 0.100. The average Bonchev–Trinajstić information content (AvgIpc) is 2.92. The molecule has 3 aromatic rings. The quantitative estimate of drug-likeness (QED) is 0.542. The topological polar surface area (TPSA) is 61.6 Å². The van der Waals surface area contributed by atoms with Gasteiger partial charge in [0.1, 0.15) is 5.56 Å². The summed E-state index contributed by atoms with van der Waals surface area (Å²) in [5, 5.41) is 14.5. The van der Waals surface area contributed by atoms with Crippen LogP contribution >= 0.6 is 0 Å². The summed E-state index contributed by atoms with van der Waals surface area (Å²) in [6, 6.07) is 16.1. The Labute approximate surface area is 144 Å². The Kier molecular flexibility index (Phi) is 3.42. The fourth-order valence-electron chi connectivity index (χ4n) is 3.23. The van der Waals surface area contributed by atoms with Crippen molar-refractivity contribution in [2.24, 2.45) is 0 Å². The summed E-state index contributed by atoms with van der Waals surface area (Å²) in [5.41, 5.74) is 1.40. The Bertz CT molecular complexity index is 1050. The van der Waals surface area contributed by atoms with E-state index >= 15 is 0 Å². The van der Waals surface area contributed by atoms with Crippen molar-refractivity contribution >= 4 is 28.0 Å². The number of ether oxygens (including phenoxy) is 2. The molecule has 4 rings (SSSR count). The molecule has 5 heteroatoms. The van der Waals surface area contributed by atoms with Gasteiger partial charge in [0.25, 0.3) is 11.5 Å². The summed E-state index contributed by atoms with van der Waals surface area (Å²) in [6.07, 6.45) is 0. The predicted octanol–water partition coefficient (Wildman–Crippen LogP) is 3.68. The molecular weight excluding hydrogens is 318 g/mol. The third-order valence-electron chi connectivity index (χ3n) is 4.43. The Morgan fingerprint density at radius 2 is 1.68 bits per heavy atom. The van der Waals surface area contributed by atoms with Crippen LogP contribution in [0.4, 0.5) is 5.69 Å². The summed E-state index contributed by atoms with van der Waals surface area (Å²) in [6.45, 7) is 0. The smallest absolute Gasteiger partial charge is 0.273 e. The molecule has 1 aliphatic rings. The Balaban J connectivity index is 1.91. The molecule has 0 aromatic heterocycles. The van der Waals surface area contributed by atoms with Crippen molar-refractivity contribution in [2.45, 2.75) is 0 Å². The zero-order valence-electron chi connectivity index (χ0n) is 13.8. The van der Waals surface area contributed by atoms with Crippen molar-refractivity contribution in [2.75, 3.05) is 14.2 Å². The number of methoxy groups -OCH3 is 2. The van der Waals surface area contributed by atoms with Crippen LogP contribution in [0.25, 0.3) is 10.8 Å². The van der Waals surface area contributed by atoms with Crippen LogP contribution in [0.15, 0.2) is 54.6 Å². The van der Waals surface area contributed by atoms with E-state index in [1.165, 1.54) is 14.2 Å². The zero-order valence-corrected chi connectivity index (χ0v) is 13.8. The van der Waals surface area contributed by atoms with Crippen molar-refractivity contribution in [1.29, 1.82) is 0 Å². The first-order chi connectivity index (χ1) is 12.2. The highest BCUT2D eigenvalue weighted by Gasteiger charge is 2.38. The van der Waals surface area contributed by atoms with Crippen LogP contribution in [0.5, 0.6) is 11.5 Å². The van der Waals surface area contributed by atoms with Crippen molar-refractivity contribution in [3.63, 3.8) is 0 Å². The Morgan fingerprint density at radius 1 is 0.920 bits per heavy atom. The van der Waals surface area contributed by atoms with Gasteiger partial charge in [0.2, 0.25) is 5.69 Å². The molecule has 5 nitrogen and oxygen atoms in total. The molecule has 0 unspecified atom stereocenters. The number of Topliss-reactive ketones (excluding diaryl/α,β-unsaturated/α-hetero) is 1. The normalized spacial score (nSPS) is 13.3. The standard InChI is InChI=1S/C20H15NO4/c1-24-16-10-8-13(11-17(16)25-2)19-20(22)18-14-6-4-3-5-12(14)7-9-15(18)21(19)23/h3-11H,1-2H3. The monoisotopic (exact) mass is 333 g/mol. The maximum Gasteiger partial charge on any atom is 0.273 e. The van der Waals surface area contributed by atoms with E-state index in [-0.39, 0.29) is 11.5 Å². The third kappa shape index (κ3) is 2.16. The van der Waals surface area contributed by atoms with E-state index in [2.05, 4.69) is 0 Å². The molecule has 0 radical (unpaired) electrons. The molecule has 124 valence electrons. The molecule has 0 amide bonds. The summed E-state index contributed by atoms with van der Waals surface area (Å²) in [4.78, 5) is 13.0. The summed E-state index contributed by atoms with van der Waals surface area (Å²) in [7, 11) is 3.05. The van der Waals surface area contributed by atoms with Gasteiger partial charge < -0.3 is 14.7 Å². The van der Waals surface area contributed by atoms with Crippen molar-refractivity contribution in [3.8, 4) is 11.5 Å². The van der Waals surface area contributed by atoms with Gasteiger partial charge in [-0.1, -0.05) is 24.3 Å². The van der Waals surface area contributed by atoms with E-state index in [9.17, 15) is 10.0 Å². The van der Waals surface area contributed by atoms with E-state index in [1.54, 1.807) is 24.3 Å². The molecule has 3 aromatic carbocycles. The third-order valence-corrected chi connectivity index (χ3v) is 4.43. The predicted molar refractivity (Wildman–Crippen MR) is 95.2 cm³/mol. The van der Waals surface area contributed by atoms with E-state index < -0.39 is 0 Å². The van der Waals surface area contributed by atoms with Gasteiger partial charge in [-0.15, -0.1) is 0 Å². The second kappa shape index (κ2) is 5.63. The number of hydrogen-bond acceptors (Lipinski definition) is 4. The zero-order chi connectivity index (χ0) is 17.6. The van der Waals surface area contributed by atoms with Gasteiger partial charge in [-0.05, 0) is 35.0 Å². The summed E-state index contributed by atoms with van der Waals surface area (Å²) >= 11 is 0. The molecule has 1 aliphatic heterocycles. The van der Waals surface area contributed by atoms with Crippen molar-refractivity contribution < 1.29 is 19.0 Å². The van der Waals surface area contributed by atoms with Crippen molar-refractivity contribution in [3.05, 3.63) is 70.9 Å². The molecule has 0 saturated heterocycles. The fourth-order valence-corrected chi connectivity index (χ4v) is 3.23. The van der Waals surface area contributed by atoms with Gasteiger partial charge >= 0.3 is 0 Å². The molecule has 0 atom stereocenters. The molecule has 0 spiro atoms. The number of fused-ring (bicyclic) bond motifs is 3. The molecule has 0 bridgehead atoms. The first-order valence-corrected chi connectivity index (χ1v) is 7.78. The van der Waals surface area contributed by atoms with Gasteiger partial charge in [-0.3, -0.25) is 4.79 Å². The average molecular weight is 333 g/mol. The van der Waals surface area contributed by atoms with Crippen LogP contribution < -0.4 is 9.47 Å². The number of rotatable bonds is 3. The number of carbonyl (C=O) groups excluding carboxylic acids is 1. The van der Waals surface area contributed by atoms with E-state index in [0.29, 0.717) is 33.1 Å². The molecule has 0 N–H and O–H groups in total. The number of ketones is 1. The van der Waals surface area contributed by atoms with E-state index in [0.717, 1.165) is 10.8 Å². The lowest BCUT2D eigenvalue weighted by atomic mass is 9.97. The van der Waals surface area contributed by atoms with Crippen LogP contribution in [0.2, 0.25) is 0 Å². The van der Waals surface area contributed by atoms with Crippen LogP contribution in [-0.2, 0) is 0 Å². The number of nitrogens with zero attached hydrogens (tertiary/aromatic N) is 1. The van der Waals surface area contributed by atoms with Gasteiger partial charge in [0.15, 0.2) is 11.5 Å². The van der Waals surface area contributed by atoms with Gasteiger partial charge in [-0.25, -0.2) is 0 Å². The maximum absolute atomic E-state index is 13.0. The highest BCUT2D eigenvalue weighted by molar-refractivity contribution is 6.53. The number of benzene rings is 3. The number of carbonyl (C=O) groups is 1. The highest BCUT2D eigenvalue weighted by Crippen LogP contribution is 2.36. The molecule has 1 heterocycles. The summed E-state index contributed by atoms with van der Waals surface area (Å²) < 4.78 is 11.2. The minimum Gasteiger partial charge on any atom is -0.618 e. The molecule has 25 heavy (non-hydrogen) atoms. The van der Waals surface area contributed by atoms with E-state index in [4.69, 9.17) is 9.47 Å². The molecule has 0 fully saturated rings. The highest BCUT2D eigenvalue weighted by atomic mass is 16.5. The van der Waals surface area contributed by atoms with Crippen molar-refractivity contribution in [1.82, 2.24) is 0 Å².